The van der Waals surface area contributed by atoms with Gasteiger partial charge in [-0.2, -0.15) is 0 Å². The molecular weight excluding hydrogens is 338 g/mol. The lowest BCUT2D eigenvalue weighted by atomic mass is 10.1. The molecule has 0 aliphatic carbocycles. The van der Waals surface area contributed by atoms with Crippen molar-refractivity contribution < 1.29 is 24.5 Å². The monoisotopic (exact) mass is 353 g/mol. The average Bonchev–Trinajstić information content (AvgIpc) is 2.76. The van der Waals surface area contributed by atoms with Crippen LogP contribution in [0.3, 0.4) is 0 Å². The predicted octanol–water partition coefficient (Wildman–Crippen LogP) is 2.47. The van der Waals surface area contributed by atoms with Crippen molar-refractivity contribution in [2.75, 3.05) is 13.7 Å². The van der Waals surface area contributed by atoms with Gasteiger partial charge in [-0.3, -0.25) is 14.5 Å². The molecule has 0 aromatic heterocycles. The molecule has 1 aliphatic heterocycles. The number of benzene rings is 1. The van der Waals surface area contributed by atoms with Crippen LogP contribution in [-0.2, 0) is 9.59 Å². The minimum absolute atomic E-state index is 0.0211. The van der Waals surface area contributed by atoms with Crippen molar-refractivity contribution in [3.8, 4) is 11.5 Å². The number of carboxylic acids is 1. The number of phenols is 1. The molecule has 6 nitrogen and oxygen atoms in total. The Labute approximate surface area is 142 Å². The number of carbonyl (C=O) groups is 2. The van der Waals surface area contributed by atoms with Crippen LogP contribution in [0.25, 0.3) is 6.08 Å². The molecule has 1 heterocycles. The van der Waals surface area contributed by atoms with Gasteiger partial charge < -0.3 is 14.9 Å². The molecule has 8 heteroatoms. The third-order valence-corrected chi connectivity index (χ3v) is 4.56. The number of hydrogen-bond donors (Lipinski definition) is 2. The number of aromatic hydroxyl groups is 1. The van der Waals surface area contributed by atoms with Crippen LogP contribution in [0.2, 0.25) is 0 Å². The molecule has 1 amide bonds. The van der Waals surface area contributed by atoms with Gasteiger partial charge in [0, 0.05) is 18.5 Å². The highest BCUT2D eigenvalue weighted by Crippen LogP contribution is 2.36. The summed E-state index contributed by atoms with van der Waals surface area (Å²) in [5.74, 6) is -0.929. The van der Waals surface area contributed by atoms with Gasteiger partial charge in [0.15, 0.2) is 11.5 Å². The summed E-state index contributed by atoms with van der Waals surface area (Å²) in [7, 11) is 1.45. The lowest BCUT2D eigenvalue weighted by molar-refractivity contribution is -0.137. The number of nitrogens with zero attached hydrogens (tertiary/aromatic N) is 1. The maximum Gasteiger partial charge on any atom is 0.303 e. The first-order valence-electron chi connectivity index (χ1n) is 6.77. The van der Waals surface area contributed by atoms with Gasteiger partial charge in [-0.25, -0.2) is 0 Å². The van der Waals surface area contributed by atoms with E-state index in [9.17, 15) is 14.7 Å². The van der Waals surface area contributed by atoms with Crippen molar-refractivity contribution in [1.29, 1.82) is 0 Å². The van der Waals surface area contributed by atoms with E-state index in [4.69, 9.17) is 22.1 Å². The van der Waals surface area contributed by atoms with Gasteiger partial charge in [-0.15, -0.1) is 0 Å². The van der Waals surface area contributed by atoms with Gasteiger partial charge in [-0.05, 0) is 18.6 Å². The van der Waals surface area contributed by atoms with E-state index in [0.717, 1.165) is 11.8 Å². The van der Waals surface area contributed by atoms with E-state index >= 15 is 0 Å². The van der Waals surface area contributed by atoms with Crippen LogP contribution in [0.5, 0.6) is 11.5 Å². The summed E-state index contributed by atoms with van der Waals surface area (Å²) in [4.78, 5) is 24.7. The van der Waals surface area contributed by atoms with Crippen LogP contribution >= 0.6 is 24.0 Å². The number of methoxy groups -OCH3 is 1. The highest BCUT2D eigenvalue weighted by Gasteiger charge is 2.31. The summed E-state index contributed by atoms with van der Waals surface area (Å²) in [5, 5.41) is 18.7. The molecule has 0 bridgehead atoms. The molecule has 2 N–H and O–H groups in total. The number of hydrogen-bond acceptors (Lipinski definition) is 6. The molecule has 0 saturated carbocycles. The Morgan fingerprint density at radius 2 is 2.22 bits per heavy atom. The van der Waals surface area contributed by atoms with Crippen molar-refractivity contribution in [2.45, 2.75) is 12.8 Å². The second-order valence-electron chi connectivity index (χ2n) is 4.73. The summed E-state index contributed by atoms with van der Waals surface area (Å²) in [6.07, 6.45) is 1.86. The fourth-order valence-electron chi connectivity index (χ4n) is 2.04. The molecule has 0 atom stereocenters. The normalized spacial score (nSPS) is 16.2. The van der Waals surface area contributed by atoms with Gasteiger partial charge in [0.05, 0.1) is 12.0 Å². The third kappa shape index (κ3) is 4.02. The molecule has 1 aromatic rings. The lowest BCUT2D eigenvalue weighted by Crippen LogP contribution is -2.29. The average molecular weight is 353 g/mol. The number of phenolic OH excluding ortho intramolecular Hbond substituents is 1. The minimum atomic E-state index is -0.910. The highest BCUT2D eigenvalue weighted by molar-refractivity contribution is 8.26. The second-order valence-corrected chi connectivity index (χ2v) is 6.40. The van der Waals surface area contributed by atoms with Gasteiger partial charge in [0.25, 0.3) is 5.91 Å². The number of carboxylic acid groups (broad SMARTS) is 1. The number of thiocarbonyl (C=S) groups is 1. The van der Waals surface area contributed by atoms with E-state index in [1.165, 1.54) is 12.0 Å². The molecule has 1 fully saturated rings. The first-order chi connectivity index (χ1) is 10.9. The zero-order chi connectivity index (χ0) is 17.0. The summed E-state index contributed by atoms with van der Waals surface area (Å²) >= 11 is 6.29. The maximum absolute atomic E-state index is 12.4. The van der Waals surface area contributed by atoms with Gasteiger partial charge in [0.2, 0.25) is 0 Å². The first-order valence-corrected chi connectivity index (χ1v) is 7.99. The second kappa shape index (κ2) is 7.47. The maximum atomic E-state index is 12.4. The quantitative estimate of drug-likeness (QED) is 0.600. The first kappa shape index (κ1) is 17.3. The number of amides is 1. The topological polar surface area (TPSA) is 87.1 Å². The molecule has 2 rings (SSSR count). The fraction of sp³-hybridized carbons (Fsp3) is 0.267. The van der Waals surface area contributed by atoms with Crippen molar-refractivity contribution in [2.24, 2.45) is 0 Å². The Bertz CT molecular complexity index is 686. The van der Waals surface area contributed by atoms with Crippen molar-refractivity contribution in [3.63, 3.8) is 0 Å². The predicted molar refractivity (Wildman–Crippen MR) is 91.4 cm³/mol. The third-order valence-electron chi connectivity index (χ3n) is 3.18. The molecule has 1 saturated heterocycles. The van der Waals surface area contributed by atoms with E-state index in [1.54, 1.807) is 24.3 Å². The SMILES string of the molecule is COc1cccc(C=C2SC(=S)N(CCCC(=O)O)C2=O)c1O. The van der Waals surface area contributed by atoms with E-state index < -0.39 is 5.97 Å². The molecule has 23 heavy (non-hydrogen) atoms. The van der Waals surface area contributed by atoms with Crippen LogP contribution in [0, 0.1) is 0 Å². The Morgan fingerprint density at radius 1 is 1.48 bits per heavy atom. The Balaban J connectivity index is 2.17. The molecule has 0 unspecified atom stereocenters. The fourth-order valence-corrected chi connectivity index (χ4v) is 3.34. The van der Waals surface area contributed by atoms with Crippen molar-refractivity contribution >= 4 is 46.3 Å². The van der Waals surface area contributed by atoms with Crippen molar-refractivity contribution in [3.05, 3.63) is 28.7 Å². The van der Waals surface area contributed by atoms with Gasteiger partial charge in [-0.1, -0.05) is 36.1 Å². The molecular formula is C15H15NO5S2. The minimum Gasteiger partial charge on any atom is -0.504 e. The van der Waals surface area contributed by atoms with E-state index in [-0.39, 0.29) is 24.6 Å². The number of rotatable bonds is 6. The van der Waals surface area contributed by atoms with Crippen LogP contribution in [0.1, 0.15) is 18.4 Å². The Morgan fingerprint density at radius 3 is 2.87 bits per heavy atom. The van der Waals surface area contributed by atoms with Crippen LogP contribution in [0.15, 0.2) is 23.1 Å². The smallest absolute Gasteiger partial charge is 0.303 e. The summed E-state index contributed by atoms with van der Waals surface area (Å²) in [6.45, 7) is 0.262. The number of aliphatic carboxylic acids is 1. The van der Waals surface area contributed by atoms with Crippen LogP contribution in [0.4, 0.5) is 0 Å². The molecule has 1 aromatic carbocycles. The van der Waals surface area contributed by atoms with Crippen LogP contribution in [-0.4, -0.2) is 45.0 Å². The van der Waals surface area contributed by atoms with E-state index in [2.05, 4.69) is 0 Å². The largest absolute Gasteiger partial charge is 0.504 e. The molecule has 1 aliphatic rings. The van der Waals surface area contributed by atoms with Gasteiger partial charge >= 0.3 is 5.97 Å². The van der Waals surface area contributed by atoms with Crippen molar-refractivity contribution in [1.82, 2.24) is 4.90 Å². The Hall–Kier alpha value is -2.06. The lowest BCUT2D eigenvalue weighted by Gasteiger charge is -2.13. The zero-order valence-corrected chi connectivity index (χ0v) is 13.9. The number of ether oxygens (including phenoxy) is 1. The van der Waals surface area contributed by atoms with Crippen LogP contribution < -0.4 is 4.74 Å². The zero-order valence-electron chi connectivity index (χ0n) is 12.3. The van der Waals surface area contributed by atoms with E-state index in [1.807, 2.05) is 0 Å². The summed E-state index contributed by atoms with van der Waals surface area (Å²) in [6, 6.07) is 4.98. The van der Waals surface area contributed by atoms with Gasteiger partial charge in [0.1, 0.15) is 4.32 Å². The molecule has 122 valence electrons. The molecule has 0 spiro atoms. The van der Waals surface area contributed by atoms with E-state index in [0.29, 0.717) is 27.0 Å². The number of carbonyl (C=O) groups excluding carboxylic acids is 1. The number of thioether (sulfide) groups is 1. The summed E-state index contributed by atoms with van der Waals surface area (Å²) < 4.78 is 5.42. The number of para-hydroxylation sites is 1. The Kier molecular flexibility index (Phi) is 5.62. The molecule has 0 radical (unpaired) electrons. The summed E-state index contributed by atoms with van der Waals surface area (Å²) in [5.41, 5.74) is 0.454. The highest BCUT2D eigenvalue weighted by atomic mass is 32.2. The standard InChI is InChI=1S/C15H15NO5S2/c1-21-10-5-2-4-9(13(10)19)8-11-14(20)16(15(22)23-11)7-3-6-12(17)18/h2,4-5,8,19H,3,6-7H2,1H3,(H,17,18).